The summed E-state index contributed by atoms with van der Waals surface area (Å²) in [5.74, 6) is -0.372. The minimum atomic E-state index is -3.83. The van der Waals surface area contributed by atoms with Gasteiger partial charge < -0.3 is 4.90 Å². The molecule has 0 atom stereocenters. The van der Waals surface area contributed by atoms with Crippen LogP contribution in [0.15, 0.2) is 42.5 Å². The van der Waals surface area contributed by atoms with Crippen LogP contribution < -0.4 is 9.21 Å². The highest BCUT2D eigenvalue weighted by Gasteiger charge is 2.29. The zero-order valence-electron chi connectivity index (χ0n) is 15.7. The van der Waals surface area contributed by atoms with Crippen LogP contribution in [-0.2, 0) is 21.2 Å². The van der Waals surface area contributed by atoms with Crippen LogP contribution in [0.3, 0.4) is 0 Å². The molecule has 2 aromatic carbocycles. The van der Waals surface area contributed by atoms with E-state index in [2.05, 4.69) is 0 Å². The van der Waals surface area contributed by atoms with Gasteiger partial charge in [0.25, 0.3) is 5.69 Å². The molecule has 0 aliphatic carbocycles. The number of rotatable bonds is 5. The quantitative estimate of drug-likeness (QED) is 0.564. The molecular formula is C19H21N3O5S. The number of nitro benzene ring substituents is 1. The summed E-state index contributed by atoms with van der Waals surface area (Å²) in [5.41, 5.74) is 1.96. The summed E-state index contributed by atoms with van der Waals surface area (Å²) >= 11 is 0. The van der Waals surface area contributed by atoms with E-state index in [1.54, 1.807) is 4.90 Å². The van der Waals surface area contributed by atoms with Gasteiger partial charge in [0.15, 0.2) is 0 Å². The predicted octanol–water partition coefficient (Wildman–Crippen LogP) is 2.65. The summed E-state index contributed by atoms with van der Waals surface area (Å²) in [6.07, 6.45) is 2.64. The number of nitrogens with zero attached hydrogens (tertiary/aromatic N) is 3. The number of hydrogen-bond donors (Lipinski definition) is 0. The Hall–Kier alpha value is -2.94. The Labute approximate surface area is 163 Å². The maximum absolute atomic E-state index is 13.0. The molecule has 1 amide bonds. The van der Waals surface area contributed by atoms with E-state index < -0.39 is 21.5 Å². The number of carbonyl (C=O) groups excluding carboxylic acids is 1. The number of amides is 1. The summed E-state index contributed by atoms with van der Waals surface area (Å²) in [5, 5.41) is 11.2. The molecule has 9 heteroatoms. The largest absolute Gasteiger partial charge is 0.311 e. The van der Waals surface area contributed by atoms with E-state index >= 15 is 0 Å². The van der Waals surface area contributed by atoms with Crippen LogP contribution in [0.2, 0.25) is 0 Å². The Morgan fingerprint density at radius 1 is 1.21 bits per heavy atom. The molecule has 0 spiro atoms. The molecule has 0 aromatic heterocycles. The highest BCUT2D eigenvalue weighted by atomic mass is 32.2. The van der Waals surface area contributed by atoms with Gasteiger partial charge in [0, 0.05) is 18.3 Å². The first-order valence-corrected chi connectivity index (χ1v) is 10.6. The van der Waals surface area contributed by atoms with Crippen LogP contribution in [0, 0.1) is 17.0 Å². The predicted molar refractivity (Wildman–Crippen MR) is 107 cm³/mol. The second kappa shape index (κ2) is 7.59. The average Bonchev–Trinajstić information content (AvgIpc) is 2.65. The number of aryl methyl sites for hydroxylation is 1. The van der Waals surface area contributed by atoms with Gasteiger partial charge in [0.05, 0.1) is 22.4 Å². The second-order valence-corrected chi connectivity index (χ2v) is 8.63. The lowest BCUT2D eigenvalue weighted by Gasteiger charge is -2.32. The number of para-hydroxylation sites is 1. The monoisotopic (exact) mass is 403 g/mol. The van der Waals surface area contributed by atoms with Crippen molar-refractivity contribution in [3.63, 3.8) is 0 Å². The third kappa shape index (κ3) is 3.84. The molecule has 1 aliphatic heterocycles. The minimum Gasteiger partial charge on any atom is -0.311 e. The van der Waals surface area contributed by atoms with E-state index in [0.717, 1.165) is 34.7 Å². The van der Waals surface area contributed by atoms with Crippen molar-refractivity contribution < 1.29 is 18.1 Å². The van der Waals surface area contributed by atoms with Crippen LogP contribution in [-0.4, -0.2) is 38.6 Å². The molecule has 0 saturated carbocycles. The number of benzene rings is 2. The van der Waals surface area contributed by atoms with Crippen molar-refractivity contribution in [3.05, 3.63) is 63.7 Å². The molecule has 1 aliphatic rings. The average molecular weight is 403 g/mol. The van der Waals surface area contributed by atoms with E-state index in [1.807, 2.05) is 24.3 Å². The van der Waals surface area contributed by atoms with Crippen molar-refractivity contribution >= 4 is 33.0 Å². The topological polar surface area (TPSA) is 101 Å². The van der Waals surface area contributed by atoms with Gasteiger partial charge in [-0.05, 0) is 37.5 Å². The fourth-order valence-electron chi connectivity index (χ4n) is 3.46. The zero-order chi connectivity index (χ0) is 20.5. The minimum absolute atomic E-state index is 0.135. The Morgan fingerprint density at radius 2 is 1.93 bits per heavy atom. The van der Waals surface area contributed by atoms with Crippen molar-refractivity contribution in [2.75, 3.05) is 28.6 Å². The molecular weight excluding hydrogens is 382 g/mol. The number of sulfonamides is 1. The molecule has 28 heavy (non-hydrogen) atoms. The van der Waals surface area contributed by atoms with Gasteiger partial charge in [-0.1, -0.05) is 24.3 Å². The molecule has 0 unspecified atom stereocenters. The van der Waals surface area contributed by atoms with E-state index in [0.29, 0.717) is 6.54 Å². The van der Waals surface area contributed by atoms with Gasteiger partial charge in [0.2, 0.25) is 15.9 Å². The summed E-state index contributed by atoms with van der Waals surface area (Å²) in [7, 11) is -3.83. The van der Waals surface area contributed by atoms with Crippen molar-refractivity contribution in [1.29, 1.82) is 0 Å². The number of hydrogen-bond acceptors (Lipinski definition) is 5. The molecule has 0 saturated heterocycles. The maximum Gasteiger partial charge on any atom is 0.274 e. The number of carbonyl (C=O) groups is 1. The van der Waals surface area contributed by atoms with E-state index in [9.17, 15) is 23.3 Å². The Morgan fingerprint density at radius 3 is 2.61 bits per heavy atom. The summed E-state index contributed by atoms with van der Waals surface area (Å²) in [4.78, 5) is 25.2. The zero-order valence-corrected chi connectivity index (χ0v) is 16.5. The Kier molecular flexibility index (Phi) is 5.37. The summed E-state index contributed by atoms with van der Waals surface area (Å²) in [6.45, 7) is 1.56. The molecule has 2 aromatic rings. The highest BCUT2D eigenvalue weighted by Crippen LogP contribution is 2.31. The summed E-state index contributed by atoms with van der Waals surface area (Å²) in [6, 6.07) is 11.7. The second-order valence-electron chi connectivity index (χ2n) is 6.73. The van der Waals surface area contributed by atoms with Gasteiger partial charge in [-0.15, -0.1) is 0 Å². The fourth-order valence-corrected chi connectivity index (χ4v) is 4.36. The number of anilines is 2. The standard InChI is InChI=1S/C19H21N3O5S/c1-14-16(10-5-11-17(14)22(24)25)21(28(2,26)27)13-19(23)20-12-6-8-15-7-3-4-9-18(15)20/h3-5,7,9-11H,6,8,12-13H2,1-2H3. The number of nitro groups is 1. The van der Waals surface area contributed by atoms with E-state index in [4.69, 9.17) is 0 Å². The third-order valence-electron chi connectivity index (χ3n) is 4.83. The van der Waals surface area contributed by atoms with Crippen LogP contribution >= 0.6 is 0 Å². The van der Waals surface area contributed by atoms with E-state index in [1.165, 1.54) is 25.1 Å². The van der Waals surface area contributed by atoms with Gasteiger partial charge in [0.1, 0.15) is 6.54 Å². The first-order chi connectivity index (χ1) is 13.2. The van der Waals surface area contributed by atoms with Crippen molar-refractivity contribution in [3.8, 4) is 0 Å². The van der Waals surface area contributed by atoms with Crippen molar-refractivity contribution in [2.45, 2.75) is 19.8 Å². The highest BCUT2D eigenvalue weighted by molar-refractivity contribution is 7.92. The van der Waals surface area contributed by atoms with Crippen LogP contribution in [0.4, 0.5) is 17.1 Å². The van der Waals surface area contributed by atoms with Gasteiger partial charge in [-0.3, -0.25) is 19.2 Å². The smallest absolute Gasteiger partial charge is 0.274 e. The van der Waals surface area contributed by atoms with Crippen molar-refractivity contribution in [1.82, 2.24) is 0 Å². The molecule has 0 bridgehead atoms. The van der Waals surface area contributed by atoms with Gasteiger partial charge in [-0.2, -0.15) is 0 Å². The Balaban J connectivity index is 1.97. The first kappa shape index (κ1) is 19.8. The van der Waals surface area contributed by atoms with Crippen LogP contribution in [0.5, 0.6) is 0 Å². The SMILES string of the molecule is Cc1c(N(CC(=O)N2CCCc3ccccc32)S(C)(=O)=O)cccc1[N+](=O)[O-]. The fraction of sp³-hybridized carbons (Fsp3) is 0.316. The molecule has 1 heterocycles. The molecule has 3 rings (SSSR count). The van der Waals surface area contributed by atoms with Crippen molar-refractivity contribution in [2.24, 2.45) is 0 Å². The lowest BCUT2D eigenvalue weighted by molar-refractivity contribution is -0.385. The summed E-state index contributed by atoms with van der Waals surface area (Å²) < 4.78 is 25.8. The molecule has 8 nitrogen and oxygen atoms in total. The lowest BCUT2D eigenvalue weighted by Crippen LogP contribution is -2.44. The third-order valence-corrected chi connectivity index (χ3v) is 5.96. The van der Waals surface area contributed by atoms with E-state index in [-0.39, 0.29) is 22.8 Å². The first-order valence-electron chi connectivity index (χ1n) is 8.80. The van der Waals surface area contributed by atoms with Gasteiger partial charge in [-0.25, -0.2) is 8.42 Å². The molecule has 0 radical (unpaired) electrons. The number of fused-ring (bicyclic) bond motifs is 1. The molecule has 148 valence electrons. The van der Waals surface area contributed by atoms with Crippen LogP contribution in [0.1, 0.15) is 17.5 Å². The van der Waals surface area contributed by atoms with Crippen LogP contribution in [0.25, 0.3) is 0 Å². The maximum atomic E-state index is 13.0. The molecule has 0 fully saturated rings. The lowest BCUT2D eigenvalue weighted by atomic mass is 10.0. The Bertz CT molecular complexity index is 1040. The molecule has 0 N–H and O–H groups in total. The van der Waals surface area contributed by atoms with Gasteiger partial charge >= 0.3 is 0 Å². The normalized spacial score (nSPS) is 13.7.